The maximum atomic E-state index is 13.7. The third-order valence-electron chi connectivity index (χ3n) is 2.90. The number of halogens is 1. The zero-order valence-corrected chi connectivity index (χ0v) is 12.3. The largest absolute Gasteiger partial charge is 0.384 e. The van der Waals surface area contributed by atoms with Crippen molar-refractivity contribution in [3.05, 3.63) is 57.0 Å². The summed E-state index contributed by atoms with van der Waals surface area (Å²) < 4.78 is 13.7. The molecule has 2 rings (SSSR count). The third-order valence-corrected chi connectivity index (χ3v) is 3.92. The number of rotatable bonds is 3. The number of amides is 1. The van der Waals surface area contributed by atoms with Crippen molar-refractivity contribution in [2.75, 3.05) is 6.61 Å². The SMILES string of the molecule is Cc1ccsc1CNC(=O)c1cc(C#CCO)ccc1F. The molecule has 0 radical (unpaired) electrons. The number of nitrogens with one attached hydrogen (secondary N) is 1. The monoisotopic (exact) mass is 303 g/mol. The molecule has 0 unspecified atom stereocenters. The lowest BCUT2D eigenvalue weighted by atomic mass is 10.1. The van der Waals surface area contributed by atoms with E-state index in [0.29, 0.717) is 12.1 Å². The summed E-state index contributed by atoms with van der Waals surface area (Å²) >= 11 is 1.55. The van der Waals surface area contributed by atoms with Gasteiger partial charge >= 0.3 is 0 Å². The van der Waals surface area contributed by atoms with Gasteiger partial charge in [-0.15, -0.1) is 11.3 Å². The minimum absolute atomic E-state index is 0.0473. The average Bonchev–Trinajstić information content (AvgIpc) is 2.89. The minimum atomic E-state index is -0.593. The van der Waals surface area contributed by atoms with E-state index < -0.39 is 11.7 Å². The number of aryl methyl sites for hydroxylation is 1. The molecule has 1 aromatic carbocycles. The Morgan fingerprint density at radius 2 is 2.24 bits per heavy atom. The molecule has 3 nitrogen and oxygen atoms in total. The summed E-state index contributed by atoms with van der Waals surface area (Å²) in [6, 6.07) is 6.03. The lowest BCUT2D eigenvalue weighted by Crippen LogP contribution is -2.23. The molecular formula is C16H14FNO2S. The number of carbonyl (C=O) groups is 1. The van der Waals surface area contributed by atoms with Crippen molar-refractivity contribution in [3.8, 4) is 11.8 Å². The fraction of sp³-hybridized carbons (Fsp3) is 0.188. The van der Waals surface area contributed by atoms with Crippen LogP contribution in [-0.2, 0) is 6.54 Å². The van der Waals surface area contributed by atoms with E-state index in [4.69, 9.17) is 5.11 Å². The van der Waals surface area contributed by atoms with Crippen LogP contribution in [0.3, 0.4) is 0 Å². The first kappa shape index (κ1) is 15.2. The Morgan fingerprint density at radius 1 is 1.43 bits per heavy atom. The highest BCUT2D eigenvalue weighted by atomic mass is 32.1. The van der Waals surface area contributed by atoms with Gasteiger partial charge in [0.2, 0.25) is 0 Å². The molecule has 1 aromatic heterocycles. The van der Waals surface area contributed by atoms with Crippen LogP contribution in [0.1, 0.15) is 26.4 Å². The first-order valence-electron chi connectivity index (χ1n) is 6.32. The van der Waals surface area contributed by atoms with Crippen LogP contribution in [0.5, 0.6) is 0 Å². The molecule has 0 bridgehead atoms. The highest BCUT2D eigenvalue weighted by molar-refractivity contribution is 7.10. The molecule has 108 valence electrons. The van der Waals surface area contributed by atoms with Gasteiger partial charge in [0.1, 0.15) is 12.4 Å². The van der Waals surface area contributed by atoms with Gasteiger partial charge in [0.05, 0.1) is 12.1 Å². The average molecular weight is 303 g/mol. The van der Waals surface area contributed by atoms with Gasteiger partial charge in [0, 0.05) is 10.4 Å². The number of carbonyl (C=O) groups excluding carboxylic acids is 1. The van der Waals surface area contributed by atoms with Crippen LogP contribution in [-0.4, -0.2) is 17.6 Å². The predicted molar refractivity (Wildman–Crippen MR) is 80.6 cm³/mol. The Bertz CT molecular complexity index is 713. The van der Waals surface area contributed by atoms with E-state index in [9.17, 15) is 9.18 Å². The van der Waals surface area contributed by atoms with E-state index in [2.05, 4.69) is 17.2 Å². The molecule has 0 fully saturated rings. The predicted octanol–water partition coefficient (Wildman–Crippen LogP) is 2.47. The molecule has 0 aliphatic rings. The van der Waals surface area contributed by atoms with Crippen molar-refractivity contribution in [1.29, 1.82) is 0 Å². The van der Waals surface area contributed by atoms with Crippen molar-refractivity contribution in [2.24, 2.45) is 0 Å². The summed E-state index contributed by atoms with van der Waals surface area (Å²) in [7, 11) is 0. The molecular weight excluding hydrogens is 289 g/mol. The van der Waals surface area contributed by atoms with E-state index in [1.807, 2.05) is 18.4 Å². The molecule has 2 aromatic rings. The van der Waals surface area contributed by atoms with Crippen molar-refractivity contribution < 1.29 is 14.3 Å². The van der Waals surface area contributed by atoms with Crippen LogP contribution in [0.4, 0.5) is 4.39 Å². The maximum Gasteiger partial charge on any atom is 0.254 e. The van der Waals surface area contributed by atoms with Crippen LogP contribution in [0, 0.1) is 24.6 Å². The highest BCUT2D eigenvalue weighted by Gasteiger charge is 2.12. The zero-order valence-electron chi connectivity index (χ0n) is 11.4. The minimum Gasteiger partial charge on any atom is -0.384 e. The van der Waals surface area contributed by atoms with Gasteiger partial charge in [0.15, 0.2) is 0 Å². The summed E-state index contributed by atoms with van der Waals surface area (Å²) in [6.45, 7) is 2.05. The van der Waals surface area contributed by atoms with E-state index in [0.717, 1.165) is 10.4 Å². The quantitative estimate of drug-likeness (QED) is 0.856. The normalized spacial score (nSPS) is 9.86. The van der Waals surface area contributed by atoms with Crippen molar-refractivity contribution >= 4 is 17.2 Å². The van der Waals surface area contributed by atoms with Crippen LogP contribution in [0.2, 0.25) is 0 Å². The van der Waals surface area contributed by atoms with Gasteiger partial charge in [-0.05, 0) is 42.1 Å². The van der Waals surface area contributed by atoms with Crippen molar-refractivity contribution in [3.63, 3.8) is 0 Å². The molecule has 1 heterocycles. The number of thiophene rings is 1. The second-order valence-electron chi connectivity index (χ2n) is 4.36. The molecule has 0 saturated heterocycles. The topological polar surface area (TPSA) is 49.3 Å². The summed E-state index contributed by atoms with van der Waals surface area (Å²) in [6.07, 6.45) is 0. The summed E-state index contributed by atoms with van der Waals surface area (Å²) in [4.78, 5) is 13.1. The summed E-state index contributed by atoms with van der Waals surface area (Å²) in [5.74, 6) is 4.04. The Kier molecular flexibility index (Phi) is 5.09. The van der Waals surface area contributed by atoms with Gasteiger partial charge < -0.3 is 10.4 Å². The number of aliphatic hydroxyl groups is 1. The fourth-order valence-electron chi connectivity index (χ4n) is 1.76. The molecule has 0 atom stereocenters. The Balaban J connectivity index is 2.13. The van der Waals surface area contributed by atoms with E-state index in [1.54, 1.807) is 11.3 Å². The van der Waals surface area contributed by atoms with Crippen LogP contribution in [0.15, 0.2) is 29.6 Å². The number of aliphatic hydroxyl groups excluding tert-OH is 1. The van der Waals surface area contributed by atoms with Crippen LogP contribution in [0.25, 0.3) is 0 Å². The van der Waals surface area contributed by atoms with E-state index in [1.165, 1.54) is 18.2 Å². The van der Waals surface area contributed by atoms with Gasteiger partial charge in [0.25, 0.3) is 5.91 Å². The fourth-order valence-corrected chi connectivity index (χ4v) is 2.61. The molecule has 5 heteroatoms. The molecule has 0 spiro atoms. The van der Waals surface area contributed by atoms with Crippen molar-refractivity contribution in [2.45, 2.75) is 13.5 Å². The summed E-state index contributed by atoms with van der Waals surface area (Å²) in [5.41, 5.74) is 1.54. The molecule has 2 N–H and O–H groups in total. The zero-order chi connectivity index (χ0) is 15.2. The lowest BCUT2D eigenvalue weighted by Gasteiger charge is -2.06. The Hall–Kier alpha value is -2.16. The highest BCUT2D eigenvalue weighted by Crippen LogP contribution is 2.16. The maximum absolute atomic E-state index is 13.7. The summed E-state index contributed by atoms with van der Waals surface area (Å²) in [5, 5.41) is 13.3. The second-order valence-corrected chi connectivity index (χ2v) is 5.36. The molecule has 21 heavy (non-hydrogen) atoms. The third kappa shape index (κ3) is 3.91. The van der Waals surface area contributed by atoms with E-state index in [-0.39, 0.29) is 12.2 Å². The number of benzene rings is 1. The van der Waals surface area contributed by atoms with Gasteiger partial charge in [-0.25, -0.2) is 4.39 Å². The number of hydrogen-bond acceptors (Lipinski definition) is 3. The van der Waals surface area contributed by atoms with Crippen LogP contribution >= 0.6 is 11.3 Å². The molecule has 0 aliphatic heterocycles. The first-order chi connectivity index (χ1) is 10.1. The Labute approximate surface area is 126 Å². The molecule has 0 saturated carbocycles. The Morgan fingerprint density at radius 3 is 2.90 bits per heavy atom. The standard InChI is InChI=1S/C16H14FNO2S/c1-11-6-8-21-15(11)10-18-16(20)13-9-12(3-2-7-19)4-5-14(13)17/h4-6,8-9,19H,7,10H2,1H3,(H,18,20). The number of hydrogen-bond donors (Lipinski definition) is 2. The smallest absolute Gasteiger partial charge is 0.254 e. The lowest BCUT2D eigenvalue weighted by molar-refractivity contribution is 0.0947. The van der Waals surface area contributed by atoms with Crippen LogP contribution < -0.4 is 5.32 Å². The second kappa shape index (κ2) is 7.02. The molecule has 1 amide bonds. The van der Waals surface area contributed by atoms with Gasteiger partial charge in [-0.3, -0.25) is 4.79 Å². The first-order valence-corrected chi connectivity index (χ1v) is 7.20. The van der Waals surface area contributed by atoms with Gasteiger partial charge in [-0.2, -0.15) is 0 Å². The van der Waals surface area contributed by atoms with Gasteiger partial charge in [-0.1, -0.05) is 11.8 Å². The van der Waals surface area contributed by atoms with Crippen molar-refractivity contribution in [1.82, 2.24) is 5.32 Å². The molecule has 0 aliphatic carbocycles. The van der Waals surface area contributed by atoms with E-state index >= 15 is 0 Å².